The van der Waals surface area contributed by atoms with Crippen molar-refractivity contribution in [2.45, 2.75) is 57.0 Å². The second-order valence-electron chi connectivity index (χ2n) is 8.16. The van der Waals surface area contributed by atoms with Crippen LogP contribution in [0.15, 0.2) is 42.6 Å². The summed E-state index contributed by atoms with van der Waals surface area (Å²) in [5, 5.41) is 7.63. The average molecular weight is 413 g/mol. The van der Waals surface area contributed by atoms with E-state index in [0.717, 1.165) is 50.6 Å². The maximum atomic E-state index is 12.4. The van der Waals surface area contributed by atoms with Gasteiger partial charge in [-0.2, -0.15) is 16.9 Å². The Kier molecular flexibility index (Phi) is 7.28. The van der Waals surface area contributed by atoms with Gasteiger partial charge < -0.3 is 10.2 Å². The van der Waals surface area contributed by atoms with Crippen molar-refractivity contribution in [1.29, 1.82) is 0 Å². The number of benzene rings is 1. The number of nitrogens with zero attached hydrogens (tertiary/aromatic N) is 3. The molecule has 0 bridgehead atoms. The molecule has 5 nitrogen and oxygen atoms in total. The summed E-state index contributed by atoms with van der Waals surface area (Å²) in [4.78, 5) is 15.1. The molecule has 2 aromatic rings. The van der Waals surface area contributed by atoms with E-state index in [2.05, 4.69) is 39.2 Å². The highest BCUT2D eigenvalue weighted by atomic mass is 32.2. The van der Waals surface area contributed by atoms with Crippen molar-refractivity contribution in [3.8, 4) is 0 Å². The van der Waals surface area contributed by atoms with Gasteiger partial charge >= 0.3 is 0 Å². The third kappa shape index (κ3) is 5.64. The molecule has 0 radical (unpaired) electrons. The predicted octanol–water partition coefficient (Wildman–Crippen LogP) is 4.38. The van der Waals surface area contributed by atoms with Crippen LogP contribution in [0.1, 0.15) is 50.1 Å². The number of aryl methyl sites for hydroxylation is 1. The second kappa shape index (κ2) is 10.3. The molecule has 4 rings (SSSR count). The first-order valence-corrected chi connectivity index (χ1v) is 12.1. The summed E-state index contributed by atoms with van der Waals surface area (Å²) in [7, 11) is 0. The topological polar surface area (TPSA) is 50.2 Å². The number of carbonyl (C=O) groups excluding carboxylic acids is 1. The summed E-state index contributed by atoms with van der Waals surface area (Å²) < 4.78 is 2.04. The van der Waals surface area contributed by atoms with Gasteiger partial charge in [0.2, 0.25) is 5.91 Å². The van der Waals surface area contributed by atoms with E-state index in [4.69, 9.17) is 0 Å². The smallest absolute Gasteiger partial charge is 0.225 e. The van der Waals surface area contributed by atoms with Gasteiger partial charge in [0, 0.05) is 31.6 Å². The first-order chi connectivity index (χ1) is 14.3. The summed E-state index contributed by atoms with van der Waals surface area (Å²) in [6.45, 7) is 2.29. The second-order valence-corrected chi connectivity index (χ2v) is 9.38. The quantitative estimate of drug-likeness (QED) is 0.733. The highest BCUT2D eigenvalue weighted by molar-refractivity contribution is 7.99. The van der Waals surface area contributed by atoms with Gasteiger partial charge in [-0.1, -0.05) is 30.3 Å². The normalized spacial score (nSPS) is 19.3. The van der Waals surface area contributed by atoms with E-state index in [0.29, 0.717) is 12.5 Å². The minimum atomic E-state index is 0.0832. The van der Waals surface area contributed by atoms with Crippen LogP contribution in [0.25, 0.3) is 0 Å². The molecule has 0 spiro atoms. The molecular formula is C23H32N4OS. The van der Waals surface area contributed by atoms with Crippen LogP contribution in [0.3, 0.4) is 0 Å². The SMILES string of the molecule is O=C(CCCc1ccccc1)Nc1ccnn1C1CCN(C2CCSCC2)CC1. The van der Waals surface area contributed by atoms with Crippen molar-refractivity contribution >= 4 is 23.5 Å². The van der Waals surface area contributed by atoms with Crippen LogP contribution in [-0.2, 0) is 11.2 Å². The van der Waals surface area contributed by atoms with Gasteiger partial charge in [0.1, 0.15) is 5.82 Å². The predicted molar refractivity (Wildman–Crippen MR) is 120 cm³/mol. The van der Waals surface area contributed by atoms with Gasteiger partial charge in [-0.25, -0.2) is 4.68 Å². The molecule has 2 aliphatic rings. The van der Waals surface area contributed by atoms with Crippen LogP contribution in [0.4, 0.5) is 5.82 Å². The number of aromatic nitrogens is 2. The number of amides is 1. The lowest BCUT2D eigenvalue weighted by atomic mass is 10.0. The Bertz CT molecular complexity index is 764. The van der Waals surface area contributed by atoms with Crippen LogP contribution in [-0.4, -0.2) is 51.2 Å². The number of likely N-dealkylation sites (tertiary alicyclic amines) is 1. The van der Waals surface area contributed by atoms with Crippen molar-refractivity contribution in [1.82, 2.24) is 14.7 Å². The van der Waals surface area contributed by atoms with Gasteiger partial charge in [-0.3, -0.25) is 4.79 Å². The monoisotopic (exact) mass is 412 g/mol. The van der Waals surface area contributed by atoms with Crippen molar-refractivity contribution in [3.63, 3.8) is 0 Å². The Hall–Kier alpha value is -1.79. The molecule has 0 saturated carbocycles. The average Bonchev–Trinajstić information content (AvgIpc) is 3.23. The number of thioether (sulfide) groups is 1. The van der Waals surface area contributed by atoms with Crippen molar-refractivity contribution in [3.05, 3.63) is 48.2 Å². The van der Waals surface area contributed by atoms with Gasteiger partial charge in [-0.05, 0) is 55.6 Å². The third-order valence-electron chi connectivity index (χ3n) is 6.20. The number of nitrogens with one attached hydrogen (secondary N) is 1. The summed E-state index contributed by atoms with van der Waals surface area (Å²) in [5.41, 5.74) is 1.29. The fraction of sp³-hybridized carbons (Fsp3) is 0.565. The van der Waals surface area contributed by atoms with Crippen molar-refractivity contribution < 1.29 is 4.79 Å². The number of carbonyl (C=O) groups is 1. The standard InChI is InChI=1S/C23H32N4OS/c28-23(8-4-7-19-5-2-1-3-6-19)25-22-9-14-24-27(22)21-10-15-26(16-11-21)20-12-17-29-18-13-20/h1-3,5-6,9,14,20-21H,4,7-8,10-13,15-18H2,(H,25,28). The number of hydrogen-bond acceptors (Lipinski definition) is 4. The molecule has 2 fully saturated rings. The molecule has 0 atom stereocenters. The first kappa shape index (κ1) is 20.5. The zero-order chi connectivity index (χ0) is 19.9. The lowest BCUT2D eigenvalue weighted by Gasteiger charge is -2.39. The molecule has 2 aliphatic heterocycles. The molecule has 0 aliphatic carbocycles. The van der Waals surface area contributed by atoms with E-state index in [1.807, 2.05) is 35.1 Å². The molecule has 6 heteroatoms. The van der Waals surface area contributed by atoms with Crippen molar-refractivity contribution in [2.24, 2.45) is 0 Å². The Morgan fingerprint density at radius 2 is 1.79 bits per heavy atom. The summed E-state index contributed by atoms with van der Waals surface area (Å²) in [5.74, 6) is 3.55. The largest absolute Gasteiger partial charge is 0.311 e. The van der Waals surface area contributed by atoms with Gasteiger partial charge in [0.15, 0.2) is 0 Å². The molecule has 1 amide bonds. The van der Waals surface area contributed by atoms with Gasteiger partial charge in [0.05, 0.1) is 12.2 Å². The van der Waals surface area contributed by atoms with Gasteiger partial charge in [-0.15, -0.1) is 0 Å². The molecular weight excluding hydrogens is 380 g/mol. The fourth-order valence-corrected chi connectivity index (χ4v) is 5.63. The summed E-state index contributed by atoms with van der Waals surface area (Å²) >= 11 is 2.09. The molecule has 156 valence electrons. The number of anilines is 1. The molecule has 2 saturated heterocycles. The Morgan fingerprint density at radius 1 is 1.03 bits per heavy atom. The van der Waals surface area contributed by atoms with Crippen molar-refractivity contribution in [2.75, 3.05) is 29.9 Å². The molecule has 0 unspecified atom stereocenters. The highest BCUT2D eigenvalue weighted by Crippen LogP contribution is 2.30. The van der Waals surface area contributed by atoms with E-state index in [1.54, 1.807) is 0 Å². The van der Waals surface area contributed by atoms with Crippen LogP contribution in [0.2, 0.25) is 0 Å². The number of piperidine rings is 1. The Morgan fingerprint density at radius 3 is 2.55 bits per heavy atom. The summed E-state index contributed by atoms with van der Waals surface area (Å²) in [6.07, 6.45) is 9.05. The summed E-state index contributed by atoms with van der Waals surface area (Å²) in [6, 6.07) is 13.4. The van der Waals surface area contributed by atoms with Crippen LogP contribution in [0.5, 0.6) is 0 Å². The zero-order valence-electron chi connectivity index (χ0n) is 17.1. The van der Waals surface area contributed by atoms with E-state index in [-0.39, 0.29) is 5.91 Å². The molecule has 1 aromatic carbocycles. The van der Waals surface area contributed by atoms with E-state index in [1.165, 1.54) is 29.9 Å². The maximum Gasteiger partial charge on any atom is 0.225 e. The first-order valence-electron chi connectivity index (χ1n) is 11.0. The van der Waals surface area contributed by atoms with E-state index in [9.17, 15) is 4.79 Å². The van der Waals surface area contributed by atoms with Crippen LogP contribution in [0, 0.1) is 0 Å². The minimum Gasteiger partial charge on any atom is -0.311 e. The Labute approximate surface area is 178 Å². The highest BCUT2D eigenvalue weighted by Gasteiger charge is 2.28. The van der Waals surface area contributed by atoms with Crippen LogP contribution >= 0.6 is 11.8 Å². The number of rotatable bonds is 7. The minimum absolute atomic E-state index is 0.0832. The zero-order valence-corrected chi connectivity index (χ0v) is 17.9. The third-order valence-corrected chi connectivity index (χ3v) is 7.25. The Balaban J connectivity index is 1.24. The fourth-order valence-electron chi connectivity index (χ4n) is 4.55. The van der Waals surface area contributed by atoms with E-state index < -0.39 is 0 Å². The van der Waals surface area contributed by atoms with E-state index >= 15 is 0 Å². The lowest BCUT2D eigenvalue weighted by molar-refractivity contribution is -0.116. The molecule has 1 aromatic heterocycles. The maximum absolute atomic E-state index is 12.4. The van der Waals surface area contributed by atoms with Crippen LogP contribution < -0.4 is 5.32 Å². The lowest BCUT2D eigenvalue weighted by Crippen LogP contribution is -2.43. The van der Waals surface area contributed by atoms with Gasteiger partial charge in [0.25, 0.3) is 0 Å². The number of hydrogen-bond donors (Lipinski definition) is 1. The molecule has 1 N–H and O–H groups in total. The molecule has 3 heterocycles. The molecule has 29 heavy (non-hydrogen) atoms.